The number of carbonyl (C=O) groups is 1. The Labute approximate surface area is 188 Å². The lowest BCUT2D eigenvalue weighted by Crippen LogP contribution is -2.35. The van der Waals surface area contributed by atoms with E-state index in [2.05, 4.69) is 34.5 Å². The molecule has 1 aromatic heterocycles. The number of amides is 1. The zero-order chi connectivity index (χ0) is 22.7. The predicted molar refractivity (Wildman–Crippen MR) is 126 cm³/mol. The minimum absolute atomic E-state index is 0.101. The molecule has 32 heavy (non-hydrogen) atoms. The first-order chi connectivity index (χ1) is 15.5. The number of methoxy groups -OCH3 is 2. The van der Waals surface area contributed by atoms with Gasteiger partial charge in [-0.1, -0.05) is 12.1 Å². The summed E-state index contributed by atoms with van der Waals surface area (Å²) in [5.41, 5.74) is 3.04. The largest absolute Gasteiger partial charge is 0.497 e. The standard InChI is InChI=1S/C22H22N2O3.C4H7N/c1-14-6-7-16(26-2)12-18(14)21(25)24-22(8-9-22)19-13-17(27-3)11-15-5-4-10-23-20(15)19;1-5-3-2-4-5/h4-7,10-13H,8-9H2,1-3H3,(H,24,25);2-3H,4H2,1H3. The van der Waals surface area contributed by atoms with Crippen molar-refractivity contribution in [3.63, 3.8) is 0 Å². The van der Waals surface area contributed by atoms with Crippen molar-refractivity contribution in [1.82, 2.24) is 15.2 Å². The molecule has 1 aliphatic heterocycles. The van der Waals surface area contributed by atoms with Crippen molar-refractivity contribution >= 4 is 16.8 Å². The molecule has 1 N–H and O–H groups in total. The van der Waals surface area contributed by atoms with E-state index < -0.39 is 5.54 Å². The third-order valence-electron chi connectivity index (χ3n) is 5.98. The highest BCUT2D eigenvalue weighted by molar-refractivity contribution is 5.97. The van der Waals surface area contributed by atoms with Crippen LogP contribution in [-0.4, -0.2) is 43.6 Å². The number of aromatic nitrogens is 1. The predicted octanol–water partition coefficient (Wildman–Crippen LogP) is 4.43. The summed E-state index contributed by atoms with van der Waals surface area (Å²) in [5, 5.41) is 4.25. The number of carbonyl (C=O) groups excluding carboxylic acids is 1. The average molecular weight is 432 g/mol. The first-order valence-corrected chi connectivity index (χ1v) is 10.7. The van der Waals surface area contributed by atoms with Gasteiger partial charge in [-0.3, -0.25) is 9.78 Å². The fourth-order valence-corrected chi connectivity index (χ4v) is 3.81. The highest BCUT2D eigenvalue weighted by Crippen LogP contribution is 2.48. The Morgan fingerprint density at radius 2 is 1.81 bits per heavy atom. The molecule has 2 heterocycles. The van der Waals surface area contributed by atoms with Crippen LogP contribution in [0.25, 0.3) is 10.9 Å². The quantitative estimate of drug-likeness (QED) is 0.648. The molecule has 0 saturated heterocycles. The van der Waals surface area contributed by atoms with Gasteiger partial charge in [0.2, 0.25) is 0 Å². The summed E-state index contributed by atoms with van der Waals surface area (Å²) in [6.07, 6.45) is 7.71. The zero-order valence-corrected chi connectivity index (χ0v) is 19.0. The number of nitrogens with one attached hydrogen (secondary N) is 1. The molecule has 3 aromatic rings. The van der Waals surface area contributed by atoms with Crippen LogP contribution in [0.2, 0.25) is 0 Å². The van der Waals surface area contributed by atoms with Gasteiger partial charge < -0.3 is 19.7 Å². The minimum atomic E-state index is -0.409. The molecule has 0 unspecified atom stereocenters. The number of pyridine rings is 1. The van der Waals surface area contributed by atoms with Crippen LogP contribution in [0.4, 0.5) is 0 Å². The van der Waals surface area contributed by atoms with Crippen LogP contribution in [-0.2, 0) is 5.54 Å². The summed E-state index contributed by atoms with van der Waals surface area (Å²) in [6, 6.07) is 13.4. The number of nitrogens with zero attached hydrogens (tertiary/aromatic N) is 2. The molecule has 2 aliphatic rings. The van der Waals surface area contributed by atoms with Gasteiger partial charge in [0.1, 0.15) is 11.5 Å². The number of hydrogen-bond donors (Lipinski definition) is 1. The molecule has 0 spiro atoms. The van der Waals surface area contributed by atoms with Gasteiger partial charge in [-0.15, -0.1) is 0 Å². The fraction of sp³-hybridized carbons (Fsp3) is 0.308. The molecule has 6 nitrogen and oxygen atoms in total. The van der Waals surface area contributed by atoms with Crippen molar-refractivity contribution < 1.29 is 14.3 Å². The molecule has 1 amide bonds. The average Bonchev–Trinajstić information content (AvgIpc) is 3.57. The molecule has 6 heteroatoms. The summed E-state index contributed by atoms with van der Waals surface area (Å²) in [4.78, 5) is 19.7. The second kappa shape index (κ2) is 8.91. The van der Waals surface area contributed by atoms with Crippen LogP contribution in [0.15, 0.2) is 60.9 Å². The van der Waals surface area contributed by atoms with E-state index >= 15 is 0 Å². The maximum Gasteiger partial charge on any atom is 0.252 e. The topological polar surface area (TPSA) is 63.7 Å². The Kier molecular flexibility index (Phi) is 6.04. The molecule has 0 radical (unpaired) electrons. The third-order valence-corrected chi connectivity index (χ3v) is 5.98. The molecule has 0 bridgehead atoms. The highest BCUT2D eigenvalue weighted by atomic mass is 16.5. The molecule has 1 aliphatic carbocycles. The normalized spacial score (nSPS) is 15.3. The van der Waals surface area contributed by atoms with E-state index in [0.717, 1.165) is 47.2 Å². The van der Waals surface area contributed by atoms with Crippen molar-refractivity contribution in [1.29, 1.82) is 0 Å². The van der Waals surface area contributed by atoms with Gasteiger partial charge in [0, 0.05) is 36.3 Å². The van der Waals surface area contributed by atoms with Gasteiger partial charge in [0.15, 0.2) is 0 Å². The smallest absolute Gasteiger partial charge is 0.252 e. The number of likely N-dealkylation sites (N-methyl/N-ethyl adjacent to an activating group) is 1. The summed E-state index contributed by atoms with van der Waals surface area (Å²) in [6.45, 7) is 3.07. The van der Waals surface area contributed by atoms with Crippen LogP contribution in [0, 0.1) is 6.92 Å². The van der Waals surface area contributed by atoms with Gasteiger partial charge >= 0.3 is 0 Å². The van der Waals surface area contributed by atoms with Gasteiger partial charge in [0.05, 0.1) is 25.3 Å². The lowest BCUT2D eigenvalue weighted by atomic mass is 9.99. The number of aryl methyl sites for hydroxylation is 1. The number of rotatable bonds is 5. The first-order valence-electron chi connectivity index (χ1n) is 10.7. The van der Waals surface area contributed by atoms with Gasteiger partial charge in [-0.2, -0.15) is 0 Å². The molecule has 1 saturated carbocycles. The number of ether oxygens (including phenoxy) is 2. The number of hydrogen-bond acceptors (Lipinski definition) is 5. The summed E-state index contributed by atoms with van der Waals surface area (Å²) >= 11 is 0. The van der Waals surface area contributed by atoms with Gasteiger partial charge in [0.25, 0.3) is 5.91 Å². The van der Waals surface area contributed by atoms with Crippen molar-refractivity contribution in [2.75, 3.05) is 27.8 Å². The SMILES string of the molecule is CN1C=CC1.COc1ccc(C)c(C(=O)NC2(c3cc(OC)cc4cccnc34)CC2)c1. The van der Waals surface area contributed by atoms with Crippen molar-refractivity contribution in [3.8, 4) is 11.5 Å². The van der Waals surface area contributed by atoms with E-state index in [4.69, 9.17) is 9.47 Å². The van der Waals surface area contributed by atoms with Crippen molar-refractivity contribution in [3.05, 3.63) is 77.6 Å². The van der Waals surface area contributed by atoms with Crippen molar-refractivity contribution in [2.45, 2.75) is 25.3 Å². The Hall–Kier alpha value is -3.54. The Morgan fingerprint density at radius 3 is 2.41 bits per heavy atom. The van der Waals surface area contributed by atoms with Gasteiger partial charge in [-0.25, -0.2) is 0 Å². The Morgan fingerprint density at radius 1 is 1.09 bits per heavy atom. The summed E-state index contributed by atoms with van der Waals surface area (Å²) in [7, 11) is 5.31. The summed E-state index contributed by atoms with van der Waals surface area (Å²) in [5.74, 6) is 1.34. The first kappa shape index (κ1) is 21.7. The maximum atomic E-state index is 13.0. The molecule has 0 atom stereocenters. The van der Waals surface area contributed by atoms with Crippen LogP contribution < -0.4 is 14.8 Å². The molecular formula is C26H29N3O3. The fourth-order valence-electron chi connectivity index (χ4n) is 3.81. The van der Waals surface area contributed by atoms with Crippen LogP contribution in [0.3, 0.4) is 0 Å². The van der Waals surface area contributed by atoms with E-state index in [1.54, 1.807) is 26.5 Å². The molecule has 5 rings (SSSR count). The zero-order valence-electron chi connectivity index (χ0n) is 19.0. The van der Waals surface area contributed by atoms with Gasteiger partial charge in [-0.05, 0) is 67.9 Å². The lowest BCUT2D eigenvalue weighted by molar-refractivity contribution is 0.0930. The van der Waals surface area contributed by atoms with E-state index in [1.807, 2.05) is 43.3 Å². The Balaban J connectivity index is 0.000000433. The molecule has 166 valence electrons. The monoisotopic (exact) mass is 431 g/mol. The van der Waals surface area contributed by atoms with E-state index in [1.165, 1.54) is 0 Å². The van der Waals surface area contributed by atoms with E-state index in [-0.39, 0.29) is 5.91 Å². The Bertz CT molecular complexity index is 1170. The molecule has 1 fully saturated rings. The second-order valence-electron chi connectivity index (χ2n) is 8.29. The lowest BCUT2D eigenvalue weighted by Gasteiger charge is -2.21. The highest BCUT2D eigenvalue weighted by Gasteiger charge is 2.47. The van der Waals surface area contributed by atoms with Crippen LogP contribution in [0.5, 0.6) is 11.5 Å². The van der Waals surface area contributed by atoms with E-state index in [9.17, 15) is 4.79 Å². The number of benzene rings is 2. The van der Waals surface area contributed by atoms with Crippen molar-refractivity contribution in [2.24, 2.45) is 0 Å². The van der Waals surface area contributed by atoms with E-state index in [0.29, 0.717) is 11.3 Å². The molecular weight excluding hydrogens is 402 g/mol. The third kappa shape index (κ3) is 4.40. The number of fused-ring (bicyclic) bond motifs is 1. The van der Waals surface area contributed by atoms with Crippen LogP contribution >= 0.6 is 0 Å². The second-order valence-corrected chi connectivity index (χ2v) is 8.29. The van der Waals surface area contributed by atoms with Crippen LogP contribution in [0.1, 0.15) is 34.3 Å². The summed E-state index contributed by atoms with van der Waals surface area (Å²) < 4.78 is 10.7. The maximum absolute atomic E-state index is 13.0. The minimum Gasteiger partial charge on any atom is -0.497 e. The molecule has 2 aromatic carbocycles.